The number of aromatic nitrogens is 2. The molecule has 0 spiro atoms. The molecule has 3 rings (SSSR count). The predicted octanol–water partition coefficient (Wildman–Crippen LogP) is 2.41. The molecule has 1 aromatic rings. The summed E-state index contributed by atoms with van der Waals surface area (Å²) >= 11 is 3.56. The average Bonchev–Trinajstić information content (AvgIpc) is 3.05. The topological polar surface area (TPSA) is 44.9 Å². The zero-order valence-electron chi connectivity index (χ0n) is 10.0. The number of nitrogens with one attached hydrogen (secondary N) is 1. The third-order valence-electron chi connectivity index (χ3n) is 3.69. The van der Waals surface area contributed by atoms with E-state index in [1.54, 1.807) is 0 Å². The van der Waals surface area contributed by atoms with Crippen molar-refractivity contribution in [3.63, 3.8) is 0 Å². The Morgan fingerprint density at radius 1 is 1.53 bits per heavy atom. The van der Waals surface area contributed by atoms with Crippen LogP contribution in [-0.2, 0) is 19.5 Å². The van der Waals surface area contributed by atoms with Gasteiger partial charge in [-0.15, -0.1) is 0 Å². The molecule has 0 saturated heterocycles. The Labute approximate surface area is 110 Å². The molecule has 0 amide bonds. The van der Waals surface area contributed by atoms with Crippen molar-refractivity contribution in [3.8, 4) is 0 Å². The molecule has 1 fully saturated rings. The van der Waals surface area contributed by atoms with Crippen LogP contribution in [0, 0.1) is 11.3 Å². The lowest BCUT2D eigenvalue weighted by Gasteiger charge is -2.28. The van der Waals surface area contributed by atoms with Crippen LogP contribution >= 0.6 is 15.9 Å². The minimum atomic E-state index is 0.650. The fourth-order valence-corrected chi connectivity index (χ4v) is 2.98. The fourth-order valence-electron chi connectivity index (χ4n) is 2.43. The molecular formula is C12H17BrN4. The van der Waals surface area contributed by atoms with Gasteiger partial charge in [-0.3, -0.25) is 10.1 Å². The minimum Gasteiger partial charge on any atom is -0.356 e. The molecule has 0 radical (unpaired) electrons. The zero-order valence-corrected chi connectivity index (χ0v) is 11.6. The Kier molecular flexibility index (Phi) is 2.73. The number of halogens is 1. The second kappa shape index (κ2) is 4.12. The maximum absolute atomic E-state index is 7.71. The van der Waals surface area contributed by atoms with Gasteiger partial charge in [-0.25, -0.2) is 0 Å². The summed E-state index contributed by atoms with van der Waals surface area (Å²) in [6, 6.07) is 0. The highest BCUT2D eigenvalue weighted by Gasteiger charge is 2.28. The second-order valence-corrected chi connectivity index (χ2v) is 5.85. The quantitative estimate of drug-likeness (QED) is 0.673. The van der Waals surface area contributed by atoms with Gasteiger partial charge in [-0.05, 0) is 41.6 Å². The fraction of sp³-hybridized carbons (Fsp3) is 0.667. The summed E-state index contributed by atoms with van der Waals surface area (Å²) in [5, 5.41) is 12.3. The Morgan fingerprint density at radius 2 is 2.29 bits per heavy atom. The Morgan fingerprint density at radius 3 is 2.94 bits per heavy atom. The molecule has 4 nitrogen and oxygen atoms in total. The van der Waals surface area contributed by atoms with Gasteiger partial charge in [0.2, 0.25) is 0 Å². The van der Waals surface area contributed by atoms with E-state index in [1.807, 2.05) is 6.92 Å². The van der Waals surface area contributed by atoms with Crippen molar-refractivity contribution in [2.24, 2.45) is 5.92 Å². The predicted molar refractivity (Wildman–Crippen MR) is 70.2 cm³/mol. The summed E-state index contributed by atoms with van der Waals surface area (Å²) in [6.45, 7) is 4.71. The molecule has 1 aromatic heterocycles. The highest BCUT2D eigenvalue weighted by Crippen LogP contribution is 2.33. The standard InChI is InChI=1S/C12H17BrN4/c1-8(14)16-5-4-11-10(7-16)12(13)15-17(11)6-9-2-3-9/h9,14H,2-7H2,1H3. The third kappa shape index (κ3) is 2.12. The lowest BCUT2D eigenvalue weighted by molar-refractivity contribution is 0.377. The molecule has 2 heterocycles. The van der Waals surface area contributed by atoms with Crippen molar-refractivity contribution >= 4 is 21.8 Å². The number of hydrogen-bond donors (Lipinski definition) is 1. The van der Waals surface area contributed by atoms with Gasteiger partial charge < -0.3 is 4.90 Å². The van der Waals surface area contributed by atoms with E-state index in [9.17, 15) is 0 Å². The summed E-state index contributed by atoms with van der Waals surface area (Å²) in [5.41, 5.74) is 2.66. The van der Waals surface area contributed by atoms with Crippen molar-refractivity contribution in [1.82, 2.24) is 14.7 Å². The second-order valence-electron chi connectivity index (χ2n) is 5.10. The molecule has 0 bridgehead atoms. The smallest absolute Gasteiger partial charge is 0.133 e. The summed E-state index contributed by atoms with van der Waals surface area (Å²) in [5.74, 6) is 1.51. The first-order valence-electron chi connectivity index (χ1n) is 6.19. The van der Waals surface area contributed by atoms with Gasteiger partial charge in [0.05, 0.1) is 5.84 Å². The third-order valence-corrected chi connectivity index (χ3v) is 4.32. The van der Waals surface area contributed by atoms with Gasteiger partial charge in [0.15, 0.2) is 0 Å². The molecule has 1 aliphatic carbocycles. The average molecular weight is 297 g/mol. The van der Waals surface area contributed by atoms with Crippen molar-refractivity contribution in [2.45, 2.75) is 39.3 Å². The Bertz CT molecular complexity index is 461. The molecule has 2 aliphatic rings. The van der Waals surface area contributed by atoms with E-state index in [-0.39, 0.29) is 0 Å². The van der Waals surface area contributed by atoms with E-state index in [0.717, 1.165) is 36.6 Å². The maximum atomic E-state index is 7.71. The molecule has 5 heteroatoms. The molecule has 0 atom stereocenters. The van der Waals surface area contributed by atoms with Crippen LogP contribution in [0.5, 0.6) is 0 Å². The van der Waals surface area contributed by atoms with Gasteiger partial charge in [0, 0.05) is 37.3 Å². The number of hydrogen-bond acceptors (Lipinski definition) is 2. The van der Waals surface area contributed by atoms with Gasteiger partial charge >= 0.3 is 0 Å². The number of nitrogens with zero attached hydrogens (tertiary/aromatic N) is 3. The molecule has 0 aromatic carbocycles. The Hall–Kier alpha value is -0.840. The van der Waals surface area contributed by atoms with E-state index in [4.69, 9.17) is 5.41 Å². The lowest BCUT2D eigenvalue weighted by Crippen LogP contribution is -2.34. The summed E-state index contributed by atoms with van der Waals surface area (Å²) in [4.78, 5) is 2.11. The van der Waals surface area contributed by atoms with Crippen LogP contribution in [0.3, 0.4) is 0 Å². The highest BCUT2D eigenvalue weighted by molar-refractivity contribution is 9.10. The zero-order chi connectivity index (χ0) is 12.0. The number of fused-ring (bicyclic) bond motifs is 1. The maximum Gasteiger partial charge on any atom is 0.133 e. The first-order valence-corrected chi connectivity index (χ1v) is 6.98. The van der Waals surface area contributed by atoms with Crippen LogP contribution in [0.2, 0.25) is 0 Å². The molecule has 1 aliphatic heterocycles. The highest BCUT2D eigenvalue weighted by atomic mass is 79.9. The van der Waals surface area contributed by atoms with E-state index < -0.39 is 0 Å². The normalized spacial score (nSPS) is 19.3. The molecule has 1 saturated carbocycles. The van der Waals surface area contributed by atoms with Gasteiger partial charge in [-0.2, -0.15) is 5.10 Å². The van der Waals surface area contributed by atoms with Crippen molar-refractivity contribution < 1.29 is 0 Å². The van der Waals surface area contributed by atoms with Crippen LogP contribution in [-0.4, -0.2) is 27.1 Å². The molecule has 0 unspecified atom stereocenters. The first kappa shape index (κ1) is 11.3. The minimum absolute atomic E-state index is 0.650. The van der Waals surface area contributed by atoms with Crippen LogP contribution < -0.4 is 0 Å². The van der Waals surface area contributed by atoms with E-state index in [0.29, 0.717) is 5.84 Å². The van der Waals surface area contributed by atoms with E-state index >= 15 is 0 Å². The van der Waals surface area contributed by atoms with Crippen molar-refractivity contribution in [3.05, 3.63) is 15.9 Å². The van der Waals surface area contributed by atoms with Crippen LogP contribution in [0.1, 0.15) is 31.0 Å². The van der Waals surface area contributed by atoms with E-state index in [1.165, 1.54) is 24.1 Å². The molecule has 92 valence electrons. The van der Waals surface area contributed by atoms with Crippen LogP contribution in [0.25, 0.3) is 0 Å². The van der Waals surface area contributed by atoms with Crippen LogP contribution in [0.4, 0.5) is 0 Å². The van der Waals surface area contributed by atoms with Crippen molar-refractivity contribution in [2.75, 3.05) is 6.54 Å². The first-order chi connectivity index (χ1) is 8.15. The summed E-state index contributed by atoms with van der Waals surface area (Å²) < 4.78 is 3.16. The number of amidine groups is 1. The van der Waals surface area contributed by atoms with E-state index in [2.05, 4.69) is 30.6 Å². The van der Waals surface area contributed by atoms with Gasteiger partial charge in [0.1, 0.15) is 4.60 Å². The molecular weight excluding hydrogens is 280 g/mol. The lowest BCUT2D eigenvalue weighted by atomic mass is 10.1. The Balaban J connectivity index is 1.86. The summed E-state index contributed by atoms with van der Waals surface area (Å²) in [7, 11) is 0. The van der Waals surface area contributed by atoms with Crippen LogP contribution in [0.15, 0.2) is 4.60 Å². The van der Waals surface area contributed by atoms with Crippen molar-refractivity contribution in [1.29, 1.82) is 5.41 Å². The summed E-state index contributed by atoms with van der Waals surface area (Å²) in [6.07, 6.45) is 3.73. The monoisotopic (exact) mass is 296 g/mol. The SMILES string of the molecule is CC(=N)N1CCc2c(c(Br)nn2CC2CC2)C1. The van der Waals surface area contributed by atoms with Gasteiger partial charge in [0.25, 0.3) is 0 Å². The van der Waals surface area contributed by atoms with Gasteiger partial charge in [-0.1, -0.05) is 0 Å². The largest absolute Gasteiger partial charge is 0.356 e. The molecule has 1 N–H and O–H groups in total. The molecule has 17 heavy (non-hydrogen) atoms. The number of rotatable bonds is 2.